The molecule has 5 heteroatoms. The summed E-state index contributed by atoms with van der Waals surface area (Å²) in [7, 11) is 1.98. The lowest BCUT2D eigenvalue weighted by Gasteiger charge is -2.39. The lowest BCUT2D eigenvalue weighted by molar-refractivity contribution is -0.139. The first-order chi connectivity index (χ1) is 11.0. The standard InChI is InChI=1S/C18H24Cl2N2O/c1-21(18(23)13-3-2-4-13)16-7-9-22(10-8-16)12-14-5-6-15(19)11-17(14)20/h5-6,11,13,16H,2-4,7-10,12H2,1H3. The first-order valence-electron chi connectivity index (χ1n) is 8.47. The zero-order valence-electron chi connectivity index (χ0n) is 13.6. The van der Waals surface area contributed by atoms with E-state index in [1.54, 1.807) is 6.07 Å². The van der Waals surface area contributed by atoms with Gasteiger partial charge in [0.1, 0.15) is 0 Å². The van der Waals surface area contributed by atoms with E-state index in [9.17, 15) is 4.79 Å². The second-order valence-corrected chi connectivity index (χ2v) is 7.66. The minimum atomic E-state index is 0.297. The van der Waals surface area contributed by atoms with Crippen molar-refractivity contribution in [2.75, 3.05) is 20.1 Å². The fourth-order valence-electron chi connectivity index (χ4n) is 3.48. The summed E-state index contributed by atoms with van der Waals surface area (Å²) in [6.45, 7) is 2.86. The molecule has 0 spiro atoms. The Labute approximate surface area is 148 Å². The molecule has 1 saturated carbocycles. The number of hydrogen-bond acceptors (Lipinski definition) is 2. The zero-order chi connectivity index (χ0) is 16.4. The fraction of sp³-hybridized carbons (Fsp3) is 0.611. The van der Waals surface area contributed by atoms with Crippen molar-refractivity contribution in [2.45, 2.75) is 44.7 Å². The topological polar surface area (TPSA) is 23.6 Å². The third-order valence-electron chi connectivity index (χ3n) is 5.32. The molecule has 1 aliphatic heterocycles. The Morgan fingerprint density at radius 1 is 1.22 bits per heavy atom. The van der Waals surface area contributed by atoms with E-state index in [-0.39, 0.29) is 0 Å². The van der Waals surface area contributed by atoms with Gasteiger partial charge in [-0.3, -0.25) is 9.69 Å². The van der Waals surface area contributed by atoms with E-state index in [1.807, 2.05) is 24.1 Å². The molecule has 0 radical (unpaired) electrons. The van der Waals surface area contributed by atoms with E-state index in [2.05, 4.69) is 4.90 Å². The van der Waals surface area contributed by atoms with Crippen molar-refractivity contribution in [3.8, 4) is 0 Å². The third-order valence-corrected chi connectivity index (χ3v) is 5.90. The fourth-order valence-corrected chi connectivity index (χ4v) is 3.95. The summed E-state index contributed by atoms with van der Waals surface area (Å²) >= 11 is 12.2. The second kappa shape index (κ2) is 7.42. The Bertz CT molecular complexity index is 566. The van der Waals surface area contributed by atoms with Crippen LogP contribution in [0.2, 0.25) is 10.0 Å². The Balaban J connectivity index is 1.50. The van der Waals surface area contributed by atoms with E-state index < -0.39 is 0 Å². The van der Waals surface area contributed by atoms with Crippen LogP contribution in [0.5, 0.6) is 0 Å². The molecular formula is C18H24Cl2N2O. The van der Waals surface area contributed by atoms with Crippen LogP contribution in [-0.4, -0.2) is 41.9 Å². The monoisotopic (exact) mass is 354 g/mol. The van der Waals surface area contributed by atoms with Crippen molar-refractivity contribution in [1.29, 1.82) is 0 Å². The summed E-state index contributed by atoms with van der Waals surface area (Å²) < 4.78 is 0. The number of benzene rings is 1. The Hall–Kier alpha value is -0.770. The van der Waals surface area contributed by atoms with Gasteiger partial charge in [-0.1, -0.05) is 35.7 Å². The Morgan fingerprint density at radius 3 is 2.48 bits per heavy atom. The van der Waals surface area contributed by atoms with Crippen molar-refractivity contribution in [3.05, 3.63) is 33.8 Å². The number of hydrogen-bond donors (Lipinski definition) is 0. The van der Waals surface area contributed by atoms with Crippen molar-refractivity contribution >= 4 is 29.1 Å². The van der Waals surface area contributed by atoms with Crippen LogP contribution in [0.25, 0.3) is 0 Å². The van der Waals surface area contributed by atoms with Crippen LogP contribution >= 0.6 is 23.2 Å². The maximum absolute atomic E-state index is 12.4. The molecule has 2 fully saturated rings. The molecule has 3 rings (SSSR count). The molecule has 0 unspecified atom stereocenters. The van der Waals surface area contributed by atoms with Gasteiger partial charge in [-0.05, 0) is 43.4 Å². The van der Waals surface area contributed by atoms with Gasteiger partial charge in [0.15, 0.2) is 0 Å². The minimum Gasteiger partial charge on any atom is -0.342 e. The molecule has 0 aromatic heterocycles. The van der Waals surface area contributed by atoms with Crippen LogP contribution in [0.15, 0.2) is 18.2 Å². The van der Waals surface area contributed by atoms with Gasteiger partial charge in [0, 0.05) is 48.7 Å². The first-order valence-corrected chi connectivity index (χ1v) is 9.23. The van der Waals surface area contributed by atoms with Gasteiger partial charge in [-0.15, -0.1) is 0 Å². The smallest absolute Gasteiger partial charge is 0.225 e. The number of piperidine rings is 1. The van der Waals surface area contributed by atoms with Crippen molar-refractivity contribution < 1.29 is 4.79 Å². The van der Waals surface area contributed by atoms with Gasteiger partial charge in [0.25, 0.3) is 0 Å². The van der Waals surface area contributed by atoms with E-state index >= 15 is 0 Å². The SMILES string of the molecule is CN(C(=O)C1CCC1)C1CCN(Cc2ccc(Cl)cc2Cl)CC1. The summed E-state index contributed by atoms with van der Waals surface area (Å²) in [5.74, 6) is 0.654. The van der Waals surface area contributed by atoms with E-state index in [0.29, 0.717) is 22.9 Å². The van der Waals surface area contributed by atoms with Crippen LogP contribution in [0.1, 0.15) is 37.7 Å². The first kappa shape index (κ1) is 17.1. The van der Waals surface area contributed by atoms with Crippen molar-refractivity contribution in [1.82, 2.24) is 9.80 Å². The summed E-state index contributed by atoms with van der Waals surface area (Å²) in [5, 5.41) is 1.41. The van der Waals surface area contributed by atoms with Crippen LogP contribution < -0.4 is 0 Å². The predicted octanol–water partition coefficient (Wildman–Crippen LogP) is 4.22. The molecule has 1 aromatic carbocycles. The Morgan fingerprint density at radius 2 is 1.91 bits per heavy atom. The molecule has 1 saturated heterocycles. The highest BCUT2D eigenvalue weighted by Crippen LogP contribution is 2.30. The average Bonchev–Trinajstić information content (AvgIpc) is 2.48. The van der Waals surface area contributed by atoms with Gasteiger partial charge in [0.05, 0.1) is 0 Å². The lowest BCUT2D eigenvalue weighted by atomic mass is 9.84. The molecule has 1 aliphatic carbocycles. The highest BCUT2D eigenvalue weighted by molar-refractivity contribution is 6.35. The molecular weight excluding hydrogens is 331 g/mol. The molecule has 0 bridgehead atoms. The number of carbonyl (C=O) groups excluding carboxylic acids is 1. The van der Waals surface area contributed by atoms with Gasteiger partial charge in [-0.25, -0.2) is 0 Å². The average molecular weight is 355 g/mol. The number of amides is 1. The van der Waals surface area contributed by atoms with E-state index in [0.717, 1.165) is 55.9 Å². The van der Waals surface area contributed by atoms with Crippen molar-refractivity contribution in [3.63, 3.8) is 0 Å². The number of likely N-dealkylation sites (tertiary alicyclic amines) is 1. The quantitative estimate of drug-likeness (QED) is 0.808. The molecule has 1 aromatic rings. The minimum absolute atomic E-state index is 0.297. The predicted molar refractivity (Wildman–Crippen MR) is 94.9 cm³/mol. The summed E-state index contributed by atoms with van der Waals surface area (Å²) in [6, 6.07) is 6.08. The summed E-state index contributed by atoms with van der Waals surface area (Å²) in [6.07, 6.45) is 5.46. The second-order valence-electron chi connectivity index (χ2n) is 6.82. The molecule has 0 atom stereocenters. The van der Waals surface area contributed by atoms with Gasteiger partial charge >= 0.3 is 0 Å². The lowest BCUT2D eigenvalue weighted by Crippen LogP contribution is -2.48. The van der Waals surface area contributed by atoms with Crippen LogP contribution in [-0.2, 0) is 11.3 Å². The van der Waals surface area contributed by atoms with Gasteiger partial charge < -0.3 is 4.90 Å². The maximum Gasteiger partial charge on any atom is 0.225 e. The molecule has 3 nitrogen and oxygen atoms in total. The molecule has 1 heterocycles. The van der Waals surface area contributed by atoms with Gasteiger partial charge in [-0.2, -0.15) is 0 Å². The summed E-state index contributed by atoms with van der Waals surface area (Å²) in [4.78, 5) is 16.8. The van der Waals surface area contributed by atoms with Crippen molar-refractivity contribution in [2.24, 2.45) is 5.92 Å². The van der Waals surface area contributed by atoms with Crippen LogP contribution in [0.4, 0.5) is 0 Å². The van der Waals surface area contributed by atoms with E-state index in [4.69, 9.17) is 23.2 Å². The molecule has 0 N–H and O–H groups in total. The molecule has 23 heavy (non-hydrogen) atoms. The number of carbonyl (C=O) groups is 1. The highest BCUT2D eigenvalue weighted by atomic mass is 35.5. The number of nitrogens with zero attached hydrogens (tertiary/aromatic N) is 2. The largest absolute Gasteiger partial charge is 0.342 e. The molecule has 126 valence electrons. The number of rotatable bonds is 4. The van der Waals surface area contributed by atoms with Crippen LogP contribution in [0.3, 0.4) is 0 Å². The Kier molecular flexibility index (Phi) is 5.50. The zero-order valence-corrected chi connectivity index (χ0v) is 15.1. The summed E-state index contributed by atoms with van der Waals surface area (Å²) in [5.41, 5.74) is 1.12. The molecule has 2 aliphatic rings. The van der Waals surface area contributed by atoms with Crippen LogP contribution in [0, 0.1) is 5.92 Å². The van der Waals surface area contributed by atoms with Gasteiger partial charge in [0.2, 0.25) is 5.91 Å². The normalized spacial score (nSPS) is 20.3. The third kappa shape index (κ3) is 4.01. The maximum atomic E-state index is 12.4. The van der Waals surface area contributed by atoms with E-state index in [1.165, 1.54) is 6.42 Å². The highest BCUT2D eigenvalue weighted by Gasteiger charge is 2.32. The number of halogens is 2. The molecule has 1 amide bonds.